The SMILES string of the molecule is CC(C)C(=O)CC1CCN(C(=O)C2CCNCC2)CC1. The molecule has 2 saturated heterocycles. The summed E-state index contributed by atoms with van der Waals surface area (Å²) >= 11 is 0. The Hall–Kier alpha value is -0.900. The Labute approximate surface area is 122 Å². The van der Waals surface area contributed by atoms with Crippen molar-refractivity contribution in [2.45, 2.75) is 46.0 Å². The van der Waals surface area contributed by atoms with Gasteiger partial charge in [0.15, 0.2) is 0 Å². The van der Waals surface area contributed by atoms with Crippen molar-refractivity contribution in [3.05, 3.63) is 0 Å². The smallest absolute Gasteiger partial charge is 0.225 e. The van der Waals surface area contributed by atoms with Crippen LogP contribution in [0.25, 0.3) is 0 Å². The van der Waals surface area contributed by atoms with Crippen LogP contribution in [0.3, 0.4) is 0 Å². The van der Waals surface area contributed by atoms with Gasteiger partial charge in [-0.2, -0.15) is 0 Å². The van der Waals surface area contributed by atoms with E-state index in [2.05, 4.69) is 5.32 Å². The quantitative estimate of drug-likeness (QED) is 0.855. The summed E-state index contributed by atoms with van der Waals surface area (Å²) in [6, 6.07) is 0. The van der Waals surface area contributed by atoms with Crippen molar-refractivity contribution < 1.29 is 9.59 Å². The highest BCUT2D eigenvalue weighted by Crippen LogP contribution is 2.24. The molecule has 0 aromatic heterocycles. The fourth-order valence-electron chi connectivity index (χ4n) is 3.20. The topological polar surface area (TPSA) is 49.4 Å². The molecule has 0 aliphatic carbocycles. The summed E-state index contributed by atoms with van der Waals surface area (Å²) in [6.45, 7) is 7.57. The van der Waals surface area contributed by atoms with Crippen LogP contribution in [0.5, 0.6) is 0 Å². The van der Waals surface area contributed by atoms with Gasteiger partial charge in [-0.05, 0) is 44.7 Å². The van der Waals surface area contributed by atoms with Gasteiger partial charge < -0.3 is 10.2 Å². The van der Waals surface area contributed by atoms with E-state index >= 15 is 0 Å². The standard InChI is InChI=1S/C16H28N2O2/c1-12(2)15(19)11-13-5-9-18(10-6-13)16(20)14-3-7-17-8-4-14/h12-14,17H,3-11H2,1-2H3. The molecule has 0 spiro atoms. The highest BCUT2D eigenvalue weighted by Gasteiger charge is 2.29. The van der Waals surface area contributed by atoms with Crippen LogP contribution in [-0.4, -0.2) is 42.8 Å². The van der Waals surface area contributed by atoms with Crippen LogP contribution in [0.2, 0.25) is 0 Å². The zero-order valence-electron chi connectivity index (χ0n) is 12.9. The van der Waals surface area contributed by atoms with Gasteiger partial charge in [-0.15, -0.1) is 0 Å². The van der Waals surface area contributed by atoms with Crippen LogP contribution in [0.4, 0.5) is 0 Å². The van der Waals surface area contributed by atoms with Crippen LogP contribution in [0.1, 0.15) is 46.0 Å². The maximum atomic E-state index is 12.4. The van der Waals surface area contributed by atoms with Crippen molar-refractivity contribution in [1.82, 2.24) is 10.2 Å². The van der Waals surface area contributed by atoms with Gasteiger partial charge in [0.2, 0.25) is 5.91 Å². The minimum absolute atomic E-state index is 0.143. The molecular formula is C16H28N2O2. The van der Waals surface area contributed by atoms with Crippen LogP contribution < -0.4 is 5.32 Å². The number of rotatable bonds is 4. The van der Waals surface area contributed by atoms with Gasteiger partial charge in [0.25, 0.3) is 0 Å². The first-order valence-corrected chi connectivity index (χ1v) is 8.10. The second-order valence-electron chi connectivity index (χ2n) is 6.62. The molecule has 1 amide bonds. The molecule has 2 aliphatic rings. The summed E-state index contributed by atoms with van der Waals surface area (Å²) in [5, 5.41) is 3.30. The molecule has 2 aliphatic heterocycles. The maximum Gasteiger partial charge on any atom is 0.225 e. The van der Waals surface area contributed by atoms with Gasteiger partial charge in [0.05, 0.1) is 0 Å². The normalized spacial score (nSPS) is 22.2. The minimum Gasteiger partial charge on any atom is -0.342 e. The van der Waals surface area contributed by atoms with E-state index < -0.39 is 0 Å². The third kappa shape index (κ3) is 4.05. The lowest BCUT2D eigenvalue weighted by molar-refractivity contribution is -0.137. The molecule has 2 heterocycles. The third-order valence-electron chi connectivity index (χ3n) is 4.75. The van der Waals surface area contributed by atoms with Crippen molar-refractivity contribution in [3.8, 4) is 0 Å². The average Bonchev–Trinajstić information content (AvgIpc) is 2.48. The number of amides is 1. The molecule has 0 aromatic rings. The molecular weight excluding hydrogens is 252 g/mol. The summed E-state index contributed by atoms with van der Waals surface area (Å²) in [5.41, 5.74) is 0. The van der Waals surface area contributed by atoms with Crippen molar-refractivity contribution >= 4 is 11.7 Å². The number of ketones is 1. The summed E-state index contributed by atoms with van der Waals surface area (Å²) in [6.07, 6.45) is 4.65. The van der Waals surface area contributed by atoms with E-state index in [-0.39, 0.29) is 11.8 Å². The van der Waals surface area contributed by atoms with Crippen LogP contribution in [0.15, 0.2) is 0 Å². The van der Waals surface area contributed by atoms with Crippen molar-refractivity contribution in [3.63, 3.8) is 0 Å². The van der Waals surface area contributed by atoms with E-state index in [1.807, 2.05) is 18.7 Å². The lowest BCUT2D eigenvalue weighted by atomic mass is 9.88. The minimum atomic E-state index is 0.143. The molecule has 2 fully saturated rings. The number of hydrogen-bond acceptors (Lipinski definition) is 3. The molecule has 4 nitrogen and oxygen atoms in total. The van der Waals surface area contributed by atoms with E-state index in [1.54, 1.807) is 0 Å². The number of Topliss-reactive ketones (excluding diaryl/α,β-unsaturated/α-hetero) is 1. The number of carbonyl (C=O) groups is 2. The third-order valence-corrected chi connectivity index (χ3v) is 4.75. The van der Waals surface area contributed by atoms with Crippen molar-refractivity contribution in [2.24, 2.45) is 17.8 Å². The van der Waals surface area contributed by atoms with Crippen LogP contribution in [0, 0.1) is 17.8 Å². The van der Waals surface area contributed by atoms with E-state index in [0.717, 1.165) is 51.9 Å². The molecule has 0 saturated carbocycles. The summed E-state index contributed by atoms with van der Waals surface area (Å²) in [4.78, 5) is 26.2. The second kappa shape index (κ2) is 7.21. The number of nitrogens with zero attached hydrogens (tertiary/aromatic N) is 1. The molecule has 0 radical (unpaired) electrons. The Balaban J connectivity index is 1.76. The fraction of sp³-hybridized carbons (Fsp3) is 0.875. The highest BCUT2D eigenvalue weighted by molar-refractivity contribution is 5.81. The predicted octanol–water partition coefficient (Wildman–Crippen LogP) is 1.84. The van der Waals surface area contributed by atoms with Gasteiger partial charge >= 0.3 is 0 Å². The monoisotopic (exact) mass is 280 g/mol. The Morgan fingerprint density at radius 2 is 1.70 bits per heavy atom. The zero-order valence-corrected chi connectivity index (χ0v) is 12.9. The fourth-order valence-corrected chi connectivity index (χ4v) is 3.20. The van der Waals surface area contributed by atoms with E-state index in [1.165, 1.54) is 0 Å². The number of hydrogen-bond donors (Lipinski definition) is 1. The molecule has 114 valence electrons. The zero-order chi connectivity index (χ0) is 14.5. The van der Waals surface area contributed by atoms with Crippen LogP contribution in [-0.2, 0) is 9.59 Å². The Morgan fingerprint density at radius 1 is 1.10 bits per heavy atom. The van der Waals surface area contributed by atoms with Gasteiger partial charge in [-0.1, -0.05) is 13.8 Å². The molecule has 0 unspecified atom stereocenters. The van der Waals surface area contributed by atoms with Gasteiger partial charge in [-0.3, -0.25) is 9.59 Å². The number of nitrogens with one attached hydrogen (secondary N) is 1. The predicted molar refractivity (Wildman–Crippen MR) is 79.4 cm³/mol. The van der Waals surface area contributed by atoms with Gasteiger partial charge in [0, 0.05) is 31.3 Å². The van der Waals surface area contributed by atoms with E-state index in [4.69, 9.17) is 0 Å². The molecule has 2 rings (SSSR count). The number of piperidine rings is 2. The molecule has 1 N–H and O–H groups in total. The van der Waals surface area contributed by atoms with Crippen LogP contribution >= 0.6 is 0 Å². The lowest BCUT2D eigenvalue weighted by Gasteiger charge is -2.35. The Kier molecular flexibility index (Phi) is 5.58. The summed E-state index contributed by atoms with van der Waals surface area (Å²) in [5.74, 6) is 1.57. The number of likely N-dealkylation sites (tertiary alicyclic amines) is 1. The highest BCUT2D eigenvalue weighted by atomic mass is 16.2. The molecule has 20 heavy (non-hydrogen) atoms. The molecule has 4 heteroatoms. The van der Waals surface area contributed by atoms with E-state index in [0.29, 0.717) is 24.0 Å². The molecule has 0 bridgehead atoms. The first-order chi connectivity index (χ1) is 9.58. The van der Waals surface area contributed by atoms with Gasteiger partial charge in [-0.25, -0.2) is 0 Å². The van der Waals surface area contributed by atoms with Gasteiger partial charge in [0.1, 0.15) is 5.78 Å². The first-order valence-electron chi connectivity index (χ1n) is 8.10. The Morgan fingerprint density at radius 3 is 2.25 bits per heavy atom. The lowest BCUT2D eigenvalue weighted by Crippen LogP contribution is -2.44. The number of carbonyl (C=O) groups excluding carboxylic acids is 2. The largest absolute Gasteiger partial charge is 0.342 e. The first kappa shape index (κ1) is 15.5. The second-order valence-corrected chi connectivity index (χ2v) is 6.62. The van der Waals surface area contributed by atoms with Crippen molar-refractivity contribution in [1.29, 1.82) is 0 Å². The average molecular weight is 280 g/mol. The summed E-state index contributed by atoms with van der Waals surface area (Å²) < 4.78 is 0. The Bertz CT molecular complexity index is 340. The summed E-state index contributed by atoms with van der Waals surface area (Å²) in [7, 11) is 0. The van der Waals surface area contributed by atoms with E-state index in [9.17, 15) is 9.59 Å². The van der Waals surface area contributed by atoms with Crippen molar-refractivity contribution in [2.75, 3.05) is 26.2 Å². The maximum absolute atomic E-state index is 12.4. The molecule has 0 aromatic carbocycles. The molecule has 0 atom stereocenters.